The minimum atomic E-state index is 0.565. The lowest BCUT2D eigenvalue weighted by Crippen LogP contribution is -2.30. The summed E-state index contributed by atoms with van der Waals surface area (Å²) < 4.78 is 0. The lowest BCUT2D eigenvalue weighted by atomic mass is 10.1. The SMILES string of the molecule is CCNC(CC)Cc1ccc(CC)cn1. The first-order valence-electron chi connectivity index (χ1n) is 5.97. The van der Waals surface area contributed by atoms with Crippen LogP contribution in [0.25, 0.3) is 0 Å². The molecule has 1 atom stereocenters. The molecule has 84 valence electrons. The standard InChI is InChI=1S/C13H22N2/c1-4-11-7-8-13(15-10-11)9-12(5-2)14-6-3/h7-8,10,12,14H,4-6,9H2,1-3H3. The Bertz CT molecular complexity index is 266. The molecule has 0 bridgehead atoms. The summed E-state index contributed by atoms with van der Waals surface area (Å²) in [4.78, 5) is 4.48. The van der Waals surface area contributed by atoms with Crippen LogP contribution in [0.2, 0.25) is 0 Å². The Hall–Kier alpha value is -0.890. The lowest BCUT2D eigenvalue weighted by molar-refractivity contribution is 0.505. The molecule has 1 aromatic rings. The number of hydrogen-bond acceptors (Lipinski definition) is 2. The molecule has 0 saturated heterocycles. The molecule has 2 heteroatoms. The number of likely N-dealkylation sites (N-methyl/N-ethyl adjacent to an activating group) is 1. The van der Waals surface area contributed by atoms with Crippen molar-refractivity contribution in [1.82, 2.24) is 10.3 Å². The van der Waals surface area contributed by atoms with E-state index in [0.29, 0.717) is 6.04 Å². The number of nitrogens with zero attached hydrogens (tertiary/aromatic N) is 1. The molecule has 0 aliphatic heterocycles. The van der Waals surface area contributed by atoms with E-state index in [-0.39, 0.29) is 0 Å². The van der Waals surface area contributed by atoms with Gasteiger partial charge < -0.3 is 5.32 Å². The number of aryl methyl sites for hydroxylation is 1. The molecule has 1 unspecified atom stereocenters. The molecule has 0 aliphatic carbocycles. The molecule has 0 fully saturated rings. The van der Waals surface area contributed by atoms with Crippen molar-refractivity contribution in [3.63, 3.8) is 0 Å². The number of aromatic nitrogens is 1. The quantitative estimate of drug-likeness (QED) is 0.774. The van der Waals surface area contributed by atoms with E-state index in [0.717, 1.165) is 25.8 Å². The number of rotatable bonds is 6. The third-order valence-corrected chi connectivity index (χ3v) is 2.74. The van der Waals surface area contributed by atoms with Gasteiger partial charge in [-0.05, 0) is 31.0 Å². The van der Waals surface area contributed by atoms with Crippen LogP contribution in [0.4, 0.5) is 0 Å². The Labute approximate surface area is 93.1 Å². The van der Waals surface area contributed by atoms with Crippen molar-refractivity contribution >= 4 is 0 Å². The van der Waals surface area contributed by atoms with Crippen LogP contribution in [-0.4, -0.2) is 17.6 Å². The second kappa shape index (κ2) is 6.57. The van der Waals surface area contributed by atoms with Gasteiger partial charge in [-0.3, -0.25) is 4.98 Å². The highest BCUT2D eigenvalue weighted by atomic mass is 14.9. The average molecular weight is 206 g/mol. The van der Waals surface area contributed by atoms with Crippen LogP contribution < -0.4 is 5.32 Å². The zero-order valence-electron chi connectivity index (χ0n) is 10.1. The highest BCUT2D eigenvalue weighted by molar-refractivity contribution is 5.14. The van der Waals surface area contributed by atoms with E-state index in [4.69, 9.17) is 0 Å². The van der Waals surface area contributed by atoms with Crippen molar-refractivity contribution in [1.29, 1.82) is 0 Å². The molecule has 1 rings (SSSR count). The van der Waals surface area contributed by atoms with Crippen LogP contribution >= 0.6 is 0 Å². The Morgan fingerprint density at radius 3 is 2.53 bits per heavy atom. The third-order valence-electron chi connectivity index (χ3n) is 2.74. The zero-order valence-corrected chi connectivity index (χ0v) is 10.1. The van der Waals surface area contributed by atoms with Crippen molar-refractivity contribution in [3.05, 3.63) is 29.6 Å². The van der Waals surface area contributed by atoms with Gasteiger partial charge in [-0.1, -0.05) is 26.8 Å². The highest BCUT2D eigenvalue weighted by Gasteiger charge is 2.06. The van der Waals surface area contributed by atoms with Gasteiger partial charge >= 0.3 is 0 Å². The topological polar surface area (TPSA) is 24.9 Å². The van der Waals surface area contributed by atoms with Crippen LogP contribution in [0.3, 0.4) is 0 Å². The predicted octanol–water partition coefficient (Wildman–Crippen LogP) is 2.57. The smallest absolute Gasteiger partial charge is 0.0419 e. The van der Waals surface area contributed by atoms with Gasteiger partial charge in [-0.15, -0.1) is 0 Å². The molecule has 1 aromatic heterocycles. The van der Waals surface area contributed by atoms with E-state index >= 15 is 0 Å². The Kier molecular flexibility index (Phi) is 5.33. The number of pyridine rings is 1. The second-order valence-electron chi connectivity index (χ2n) is 3.88. The first-order chi connectivity index (χ1) is 7.30. The van der Waals surface area contributed by atoms with E-state index in [2.05, 4.69) is 43.2 Å². The monoisotopic (exact) mass is 206 g/mol. The van der Waals surface area contributed by atoms with E-state index in [1.165, 1.54) is 11.3 Å². The van der Waals surface area contributed by atoms with Crippen LogP contribution in [-0.2, 0) is 12.8 Å². The largest absolute Gasteiger partial charge is 0.314 e. The van der Waals surface area contributed by atoms with E-state index in [1.54, 1.807) is 0 Å². The summed E-state index contributed by atoms with van der Waals surface area (Å²) in [6, 6.07) is 4.90. The maximum absolute atomic E-state index is 4.48. The fourth-order valence-electron chi connectivity index (χ4n) is 1.69. The summed E-state index contributed by atoms with van der Waals surface area (Å²) in [5.74, 6) is 0. The fourth-order valence-corrected chi connectivity index (χ4v) is 1.69. The Morgan fingerprint density at radius 1 is 1.27 bits per heavy atom. The van der Waals surface area contributed by atoms with Gasteiger partial charge in [0.15, 0.2) is 0 Å². The Balaban J connectivity index is 2.55. The molecular formula is C13H22N2. The van der Waals surface area contributed by atoms with Gasteiger partial charge in [0, 0.05) is 24.4 Å². The minimum absolute atomic E-state index is 0.565. The van der Waals surface area contributed by atoms with E-state index in [9.17, 15) is 0 Å². The Morgan fingerprint density at radius 2 is 2.07 bits per heavy atom. The molecule has 2 nitrogen and oxygen atoms in total. The summed E-state index contributed by atoms with van der Waals surface area (Å²) in [7, 11) is 0. The van der Waals surface area contributed by atoms with E-state index < -0.39 is 0 Å². The van der Waals surface area contributed by atoms with Gasteiger partial charge in [0.2, 0.25) is 0 Å². The predicted molar refractivity (Wildman–Crippen MR) is 65.1 cm³/mol. The molecule has 0 aliphatic rings. The second-order valence-corrected chi connectivity index (χ2v) is 3.88. The number of hydrogen-bond donors (Lipinski definition) is 1. The maximum Gasteiger partial charge on any atom is 0.0419 e. The molecule has 1 heterocycles. The fraction of sp³-hybridized carbons (Fsp3) is 0.615. The van der Waals surface area contributed by atoms with Crippen molar-refractivity contribution < 1.29 is 0 Å². The average Bonchev–Trinajstić information content (AvgIpc) is 2.29. The minimum Gasteiger partial charge on any atom is -0.314 e. The van der Waals surface area contributed by atoms with E-state index in [1.807, 2.05) is 6.20 Å². The van der Waals surface area contributed by atoms with Crippen LogP contribution in [0.1, 0.15) is 38.4 Å². The zero-order chi connectivity index (χ0) is 11.1. The summed E-state index contributed by atoms with van der Waals surface area (Å²) in [6.45, 7) is 7.56. The third kappa shape index (κ3) is 4.00. The van der Waals surface area contributed by atoms with Crippen molar-refractivity contribution in [2.24, 2.45) is 0 Å². The summed E-state index contributed by atoms with van der Waals surface area (Å²) in [5, 5.41) is 3.47. The molecule has 15 heavy (non-hydrogen) atoms. The highest BCUT2D eigenvalue weighted by Crippen LogP contribution is 2.05. The number of nitrogens with one attached hydrogen (secondary N) is 1. The van der Waals surface area contributed by atoms with Gasteiger partial charge in [-0.25, -0.2) is 0 Å². The molecule has 0 aromatic carbocycles. The van der Waals surface area contributed by atoms with Gasteiger partial charge in [0.25, 0.3) is 0 Å². The molecule has 0 amide bonds. The molecule has 0 radical (unpaired) electrons. The lowest BCUT2D eigenvalue weighted by Gasteiger charge is -2.15. The molecular weight excluding hydrogens is 184 g/mol. The molecule has 0 saturated carbocycles. The molecule has 1 N–H and O–H groups in total. The summed E-state index contributed by atoms with van der Waals surface area (Å²) >= 11 is 0. The van der Waals surface area contributed by atoms with Crippen LogP contribution in [0.5, 0.6) is 0 Å². The maximum atomic E-state index is 4.48. The van der Waals surface area contributed by atoms with Crippen LogP contribution in [0.15, 0.2) is 18.3 Å². The first kappa shape index (κ1) is 12.2. The normalized spacial score (nSPS) is 12.7. The van der Waals surface area contributed by atoms with Crippen LogP contribution in [0, 0.1) is 0 Å². The summed E-state index contributed by atoms with van der Waals surface area (Å²) in [5.41, 5.74) is 2.51. The van der Waals surface area contributed by atoms with Gasteiger partial charge in [0.05, 0.1) is 0 Å². The summed E-state index contributed by atoms with van der Waals surface area (Å²) in [6.07, 6.45) is 5.26. The van der Waals surface area contributed by atoms with Gasteiger partial charge in [-0.2, -0.15) is 0 Å². The molecule has 0 spiro atoms. The van der Waals surface area contributed by atoms with Gasteiger partial charge in [0.1, 0.15) is 0 Å². The first-order valence-corrected chi connectivity index (χ1v) is 5.97. The van der Waals surface area contributed by atoms with Crippen molar-refractivity contribution in [2.75, 3.05) is 6.54 Å². The van der Waals surface area contributed by atoms with Crippen molar-refractivity contribution in [2.45, 2.75) is 46.1 Å². The van der Waals surface area contributed by atoms with Crippen molar-refractivity contribution in [3.8, 4) is 0 Å².